The zero-order chi connectivity index (χ0) is 12.1. The first-order chi connectivity index (χ1) is 8.31. The first-order valence-corrected chi connectivity index (χ1v) is 5.10. The molecule has 4 nitrogen and oxygen atoms in total. The van der Waals surface area contributed by atoms with Crippen molar-refractivity contribution in [2.24, 2.45) is 5.18 Å². The predicted molar refractivity (Wildman–Crippen MR) is 66.3 cm³/mol. The molecule has 0 radical (unpaired) electrons. The van der Waals surface area contributed by atoms with Gasteiger partial charge in [0.2, 0.25) is 0 Å². The third kappa shape index (κ3) is 2.55. The SMILES string of the molecule is O=NC(=O)c1ccccc1Nc1ccccc1. The second kappa shape index (κ2) is 5.03. The van der Waals surface area contributed by atoms with E-state index in [9.17, 15) is 9.70 Å². The summed E-state index contributed by atoms with van der Waals surface area (Å²) in [6.07, 6.45) is 0. The summed E-state index contributed by atoms with van der Waals surface area (Å²) >= 11 is 0. The Hall–Kier alpha value is -2.49. The normalized spacial score (nSPS) is 9.65. The van der Waals surface area contributed by atoms with Crippen LogP contribution in [0, 0.1) is 4.91 Å². The van der Waals surface area contributed by atoms with Crippen LogP contribution in [0.25, 0.3) is 0 Å². The van der Waals surface area contributed by atoms with Crippen LogP contribution in [0.1, 0.15) is 10.4 Å². The fourth-order valence-corrected chi connectivity index (χ4v) is 1.50. The van der Waals surface area contributed by atoms with E-state index in [-0.39, 0.29) is 5.56 Å². The number of carbonyl (C=O) groups excluding carboxylic acids is 1. The van der Waals surface area contributed by atoms with E-state index < -0.39 is 5.91 Å². The van der Waals surface area contributed by atoms with Crippen molar-refractivity contribution in [3.8, 4) is 0 Å². The molecule has 0 saturated carbocycles. The van der Waals surface area contributed by atoms with Crippen LogP contribution in [-0.4, -0.2) is 5.91 Å². The molecule has 0 aromatic heterocycles. The van der Waals surface area contributed by atoms with Gasteiger partial charge in [-0.15, -0.1) is 4.91 Å². The number of carbonyl (C=O) groups is 1. The van der Waals surface area contributed by atoms with E-state index in [2.05, 4.69) is 10.5 Å². The number of benzene rings is 2. The summed E-state index contributed by atoms with van der Waals surface area (Å²) in [5, 5.41) is 5.50. The van der Waals surface area contributed by atoms with Gasteiger partial charge in [0, 0.05) is 10.9 Å². The molecule has 0 unspecified atom stereocenters. The van der Waals surface area contributed by atoms with Crippen LogP contribution in [0.3, 0.4) is 0 Å². The molecule has 2 rings (SSSR count). The van der Waals surface area contributed by atoms with Gasteiger partial charge in [-0.05, 0) is 24.3 Å². The lowest BCUT2D eigenvalue weighted by Gasteiger charge is -2.08. The Kier molecular flexibility index (Phi) is 3.25. The lowest BCUT2D eigenvalue weighted by molar-refractivity contribution is 0.100. The summed E-state index contributed by atoms with van der Waals surface area (Å²) in [7, 11) is 0. The van der Waals surface area contributed by atoms with Gasteiger partial charge in [0.15, 0.2) is 0 Å². The van der Waals surface area contributed by atoms with Crippen LogP contribution >= 0.6 is 0 Å². The van der Waals surface area contributed by atoms with E-state index in [0.29, 0.717) is 5.69 Å². The van der Waals surface area contributed by atoms with E-state index in [1.807, 2.05) is 30.3 Å². The summed E-state index contributed by atoms with van der Waals surface area (Å²) < 4.78 is 0. The van der Waals surface area contributed by atoms with Gasteiger partial charge in [-0.1, -0.05) is 30.3 Å². The smallest absolute Gasteiger partial charge is 0.318 e. The third-order valence-corrected chi connectivity index (χ3v) is 2.29. The number of hydrogen-bond donors (Lipinski definition) is 1. The standard InChI is InChI=1S/C13H10N2O2/c16-13(15-17)11-8-4-5-9-12(11)14-10-6-2-1-3-7-10/h1-9,14H. The van der Waals surface area contributed by atoms with E-state index in [4.69, 9.17) is 0 Å². The van der Waals surface area contributed by atoms with Crippen molar-refractivity contribution < 1.29 is 4.79 Å². The molecule has 84 valence electrons. The number of anilines is 2. The van der Waals surface area contributed by atoms with Crippen LogP contribution in [0.2, 0.25) is 0 Å². The number of rotatable bonds is 3. The molecule has 1 amide bonds. The Morgan fingerprint density at radius 3 is 2.29 bits per heavy atom. The highest BCUT2D eigenvalue weighted by atomic mass is 16.3. The quantitative estimate of drug-likeness (QED) is 0.816. The zero-order valence-corrected chi connectivity index (χ0v) is 8.96. The molecule has 1 N–H and O–H groups in total. The fraction of sp³-hybridized carbons (Fsp3) is 0. The fourth-order valence-electron chi connectivity index (χ4n) is 1.50. The van der Waals surface area contributed by atoms with Crippen molar-refractivity contribution in [2.75, 3.05) is 5.32 Å². The Bertz CT molecular complexity index is 538. The molecule has 0 saturated heterocycles. The Labute approximate surface area is 98.3 Å². The molecule has 2 aromatic rings. The Morgan fingerprint density at radius 2 is 1.59 bits per heavy atom. The van der Waals surface area contributed by atoms with Crippen LogP contribution in [-0.2, 0) is 0 Å². The number of amides is 1. The highest BCUT2D eigenvalue weighted by molar-refractivity contribution is 6.00. The third-order valence-electron chi connectivity index (χ3n) is 2.29. The molecule has 0 fully saturated rings. The maximum absolute atomic E-state index is 11.3. The minimum absolute atomic E-state index is 0.270. The number of nitrogens with zero attached hydrogens (tertiary/aromatic N) is 1. The topological polar surface area (TPSA) is 58.5 Å². The second-order valence-electron chi connectivity index (χ2n) is 3.43. The summed E-state index contributed by atoms with van der Waals surface area (Å²) in [5.41, 5.74) is 1.69. The molecule has 2 aromatic carbocycles. The van der Waals surface area contributed by atoms with Gasteiger partial charge in [-0.25, -0.2) is 0 Å². The zero-order valence-electron chi connectivity index (χ0n) is 8.96. The summed E-state index contributed by atoms with van der Waals surface area (Å²) in [6, 6.07) is 16.2. The number of para-hydroxylation sites is 2. The molecule has 0 aliphatic rings. The number of hydrogen-bond acceptors (Lipinski definition) is 3. The van der Waals surface area contributed by atoms with E-state index in [0.717, 1.165) is 5.69 Å². The molecule has 0 aliphatic heterocycles. The summed E-state index contributed by atoms with van der Waals surface area (Å²) in [4.78, 5) is 21.6. The maximum atomic E-state index is 11.3. The average molecular weight is 226 g/mol. The van der Waals surface area contributed by atoms with Gasteiger partial charge in [-0.3, -0.25) is 4.79 Å². The number of nitrogens with one attached hydrogen (secondary N) is 1. The van der Waals surface area contributed by atoms with E-state index in [1.165, 1.54) is 0 Å². The van der Waals surface area contributed by atoms with E-state index >= 15 is 0 Å². The highest BCUT2D eigenvalue weighted by Crippen LogP contribution is 2.21. The van der Waals surface area contributed by atoms with Crippen molar-refractivity contribution >= 4 is 17.3 Å². The van der Waals surface area contributed by atoms with Crippen LogP contribution in [0.15, 0.2) is 59.8 Å². The van der Waals surface area contributed by atoms with Crippen LogP contribution in [0.5, 0.6) is 0 Å². The largest absolute Gasteiger partial charge is 0.355 e. The van der Waals surface area contributed by atoms with Crippen molar-refractivity contribution in [3.63, 3.8) is 0 Å². The van der Waals surface area contributed by atoms with E-state index in [1.54, 1.807) is 24.3 Å². The lowest BCUT2D eigenvalue weighted by atomic mass is 10.1. The minimum atomic E-state index is -0.774. The average Bonchev–Trinajstić information content (AvgIpc) is 2.40. The van der Waals surface area contributed by atoms with Crippen molar-refractivity contribution in [2.45, 2.75) is 0 Å². The monoisotopic (exact) mass is 226 g/mol. The number of nitroso groups, excluding NO2 is 1. The molecule has 0 spiro atoms. The molecule has 4 heteroatoms. The second-order valence-corrected chi connectivity index (χ2v) is 3.43. The maximum Gasteiger partial charge on any atom is 0.318 e. The van der Waals surface area contributed by atoms with Crippen LogP contribution in [0.4, 0.5) is 11.4 Å². The van der Waals surface area contributed by atoms with Gasteiger partial charge < -0.3 is 5.32 Å². The molecule has 0 heterocycles. The molecular weight excluding hydrogens is 216 g/mol. The highest BCUT2D eigenvalue weighted by Gasteiger charge is 2.10. The lowest BCUT2D eigenvalue weighted by Crippen LogP contribution is -2.00. The van der Waals surface area contributed by atoms with Crippen molar-refractivity contribution in [1.29, 1.82) is 0 Å². The summed E-state index contributed by atoms with van der Waals surface area (Å²) in [6.45, 7) is 0. The van der Waals surface area contributed by atoms with Gasteiger partial charge in [0.05, 0.1) is 11.3 Å². The first-order valence-electron chi connectivity index (χ1n) is 5.10. The molecule has 0 atom stereocenters. The molecular formula is C13H10N2O2. The minimum Gasteiger partial charge on any atom is -0.355 e. The van der Waals surface area contributed by atoms with Gasteiger partial charge in [0.25, 0.3) is 0 Å². The van der Waals surface area contributed by atoms with Crippen molar-refractivity contribution in [1.82, 2.24) is 0 Å². The first kappa shape index (κ1) is 11.0. The van der Waals surface area contributed by atoms with Crippen LogP contribution < -0.4 is 5.32 Å². The van der Waals surface area contributed by atoms with Gasteiger partial charge in [-0.2, -0.15) is 0 Å². The molecule has 17 heavy (non-hydrogen) atoms. The Morgan fingerprint density at radius 1 is 0.941 bits per heavy atom. The van der Waals surface area contributed by atoms with Crippen molar-refractivity contribution in [3.05, 3.63) is 65.1 Å². The molecule has 0 bridgehead atoms. The van der Waals surface area contributed by atoms with Gasteiger partial charge >= 0.3 is 5.91 Å². The predicted octanol–water partition coefficient (Wildman–Crippen LogP) is 3.34. The molecule has 0 aliphatic carbocycles. The summed E-state index contributed by atoms with van der Waals surface area (Å²) in [5.74, 6) is -0.774. The Balaban J connectivity index is 2.33. The van der Waals surface area contributed by atoms with Gasteiger partial charge in [0.1, 0.15) is 0 Å².